The van der Waals surface area contributed by atoms with Crippen molar-refractivity contribution in [2.75, 3.05) is 25.0 Å². The van der Waals surface area contributed by atoms with Crippen LogP contribution in [-0.4, -0.2) is 41.6 Å². The third-order valence-corrected chi connectivity index (χ3v) is 3.74. The summed E-state index contributed by atoms with van der Waals surface area (Å²) in [5, 5.41) is 3.18. The minimum Gasteiger partial charge on any atom is -0.465 e. The summed E-state index contributed by atoms with van der Waals surface area (Å²) in [6, 6.07) is 3.95. The molecule has 0 radical (unpaired) electrons. The maximum absolute atomic E-state index is 12.0. The summed E-state index contributed by atoms with van der Waals surface area (Å²) >= 11 is 0. The van der Waals surface area contributed by atoms with Gasteiger partial charge in [0, 0.05) is 19.3 Å². The van der Waals surface area contributed by atoms with E-state index < -0.39 is 0 Å². The number of esters is 1. The topological polar surface area (TPSA) is 54.5 Å². The molecule has 0 saturated carbocycles. The number of pyridine rings is 1. The van der Waals surface area contributed by atoms with Crippen LogP contribution in [0.25, 0.3) is 0 Å². The Bertz CT molecular complexity index is 447. The highest BCUT2D eigenvalue weighted by atomic mass is 16.5. The fraction of sp³-hybridized carbons (Fsp3) is 0.625. The van der Waals surface area contributed by atoms with Gasteiger partial charge in [0.05, 0.1) is 6.61 Å². The molecule has 5 heteroatoms. The molecule has 0 spiro atoms. The van der Waals surface area contributed by atoms with Crippen molar-refractivity contribution in [1.82, 2.24) is 9.88 Å². The summed E-state index contributed by atoms with van der Waals surface area (Å²) in [6.07, 6.45) is 5.01. The third-order valence-electron chi connectivity index (χ3n) is 3.74. The summed E-state index contributed by atoms with van der Waals surface area (Å²) in [4.78, 5) is 18.6. The fourth-order valence-corrected chi connectivity index (χ4v) is 2.72. The first kappa shape index (κ1) is 15.8. The number of nitrogens with one attached hydrogen (secondary N) is 1. The summed E-state index contributed by atoms with van der Waals surface area (Å²) in [5.74, 6) is 0.802. The molecule has 2 rings (SSSR count). The van der Waals surface area contributed by atoms with Crippen molar-refractivity contribution in [1.29, 1.82) is 0 Å². The predicted octanol–water partition coefficient (Wildman–Crippen LogP) is 2.43. The van der Waals surface area contributed by atoms with Crippen molar-refractivity contribution in [3.05, 3.63) is 23.9 Å². The number of nitrogens with zero attached hydrogens (tertiary/aromatic N) is 2. The Hall–Kier alpha value is -1.62. The molecule has 1 fully saturated rings. The van der Waals surface area contributed by atoms with Crippen LogP contribution in [0.15, 0.2) is 18.3 Å². The van der Waals surface area contributed by atoms with Crippen LogP contribution in [0.3, 0.4) is 0 Å². The molecule has 0 amide bonds. The van der Waals surface area contributed by atoms with Gasteiger partial charge in [0.25, 0.3) is 0 Å². The van der Waals surface area contributed by atoms with Gasteiger partial charge in [0.15, 0.2) is 0 Å². The first-order valence-electron chi connectivity index (χ1n) is 7.84. The van der Waals surface area contributed by atoms with E-state index in [-0.39, 0.29) is 12.0 Å². The smallest absolute Gasteiger partial charge is 0.323 e. The minimum absolute atomic E-state index is 0.0885. The highest BCUT2D eigenvalue weighted by Gasteiger charge is 2.29. The molecule has 2 heterocycles. The number of piperidine rings is 1. The molecule has 1 aliphatic rings. The van der Waals surface area contributed by atoms with Crippen molar-refractivity contribution in [2.24, 2.45) is 0 Å². The molecule has 5 nitrogen and oxygen atoms in total. The van der Waals surface area contributed by atoms with Crippen LogP contribution in [0.2, 0.25) is 0 Å². The average molecular weight is 291 g/mol. The summed E-state index contributed by atoms with van der Waals surface area (Å²) in [5.41, 5.74) is 1.13. The number of likely N-dealkylation sites (tertiary alicyclic amines) is 1. The lowest BCUT2D eigenvalue weighted by molar-refractivity contribution is -0.151. The van der Waals surface area contributed by atoms with Gasteiger partial charge in [-0.05, 0) is 44.9 Å². The zero-order valence-electron chi connectivity index (χ0n) is 13.0. The van der Waals surface area contributed by atoms with E-state index in [1.54, 1.807) is 0 Å². The normalized spacial score (nSPS) is 19.2. The van der Waals surface area contributed by atoms with Crippen molar-refractivity contribution in [3.8, 4) is 0 Å². The van der Waals surface area contributed by atoms with Gasteiger partial charge >= 0.3 is 5.97 Å². The molecular weight excluding hydrogens is 266 g/mol. The molecule has 1 unspecified atom stereocenters. The molecule has 1 saturated heterocycles. The van der Waals surface area contributed by atoms with Crippen molar-refractivity contribution < 1.29 is 9.53 Å². The molecule has 1 aromatic rings. The number of rotatable bonds is 6. The van der Waals surface area contributed by atoms with Gasteiger partial charge in [0.1, 0.15) is 11.9 Å². The SMILES string of the molecule is CCNc1ccc(CN2CCCCC2C(=O)OCC)cn1. The Morgan fingerprint density at radius 2 is 2.29 bits per heavy atom. The first-order chi connectivity index (χ1) is 10.2. The second kappa shape index (κ2) is 7.98. The summed E-state index contributed by atoms with van der Waals surface area (Å²) in [6.45, 7) is 6.91. The lowest BCUT2D eigenvalue weighted by Gasteiger charge is -2.33. The van der Waals surface area contributed by atoms with Gasteiger partial charge in [-0.1, -0.05) is 12.5 Å². The van der Waals surface area contributed by atoms with Crippen LogP contribution in [-0.2, 0) is 16.1 Å². The number of ether oxygens (including phenoxy) is 1. The van der Waals surface area contributed by atoms with Gasteiger partial charge < -0.3 is 10.1 Å². The molecule has 1 N–H and O–H groups in total. The number of hydrogen-bond acceptors (Lipinski definition) is 5. The Morgan fingerprint density at radius 1 is 1.43 bits per heavy atom. The van der Waals surface area contributed by atoms with E-state index >= 15 is 0 Å². The number of anilines is 1. The van der Waals surface area contributed by atoms with Crippen LogP contribution < -0.4 is 5.32 Å². The van der Waals surface area contributed by atoms with E-state index in [0.29, 0.717) is 6.61 Å². The number of carbonyl (C=O) groups is 1. The van der Waals surface area contributed by atoms with Crippen molar-refractivity contribution >= 4 is 11.8 Å². The zero-order valence-corrected chi connectivity index (χ0v) is 13.0. The molecule has 21 heavy (non-hydrogen) atoms. The van der Waals surface area contributed by atoms with Gasteiger partial charge in [-0.3, -0.25) is 9.69 Å². The highest BCUT2D eigenvalue weighted by Crippen LogP contribution is 2.21. The van der Waals surface area contributed by atoms with E-state index in [4.69, 9.17) is 4.74 Å². The van der Waals surface area contributed by atoms with Crippen LogP contribution >= 0.6 is 0 Å². The molecule has 1 aromatic heterocycles. The fourth-order valence-electron chi connectivity index (χ4n) is 2.72. The predicted molar refractivity (Wildman–Crippen MR) is 83.1 cm³/mol. The quantitative estimate of drug-likeness (QED) is 0.816. The molecule has 0 aliphatic carbocycles. The molecule has 0 aromatic carbocycles. The molecule has 1 aliphatic heterocycles. The van der Waals surface area contributed by atoms with E-state index in [2.05, 4.69) is 21.3 Å². The van der Waals surface area contributed by atoms with Crippen molar-refractivity contribution in [2.45, 2.75) is 45.7 Å². The lowest BCUT2D eigenvalue weighted by Crippen LogP contribution is -2.44. The molecule has 116 valence electrons. The largest absolute Gasteiger partial charge is 0.465 e. The van der Waals surface area contributed by atoms with E-state index in [9.17, 15) is 4.79 Å². The van der Waals surface area contributed by atoms with Crippen LogP contribution in [0.4, 0.5) is 5.82 Å². The van der Waals surface area contributed by atoms with Crippen LogP contribution in [0.5, 0.6) is 0 Å². The second-order valence-electron chi connectivity index (χ2n) is 5.32. The minimum atomic E-state index is -0.104. The highest BCUT2D eigenvalue weighted by molar-refractivity contribution is 5.75. The van der Waals surface area contributed by atoms with E-state index in [1.165, 1.54) is 0 Å². The molecule has 1 atom stereocenters. The summed E-state index contributed by atoms with van der Waals surface area (Å²) in [7, 11) is 0. The summed E-state index contributed by atoms with van der Waals surface area (Å²) < 4.78 is 5.19. The Morgan fingerprint density at radius 3 is 2.95 bits per heavy atom. The molecule has 0 bridgehead atoms. The Balaban J connectivity index is 1.99. The van der Waals surface area contributed by atoms with E-state index in [1.807, 2.05) is 26.1 Å². The number of carbonyl (C=O) groups excluding carboxylic acids is 1. The average Bonchev–Trinajstić information content (AvgIpc) is 2.50. The standard InChI is InChI=1S/C16H25N3O2/c1-3-17-15-9-8-13(11-18-15)12-19-10-6-5-7-14(19)16(20)21-4-2/h8-9,11,14H,3-7,10,12H2,1-2H3,(H,17,18). The van der Waals surface area contributed by atoms with Crippen LogP contribution in [0, 0.1) is 0 Å². The maximum Gasteiger partial charge on any atom is 0.323 e. The van der Waals surface area contributed by atoms with Gasteiger partial charge in [-0.2, -0.15) is 0 Å². The zero-order chi connectivity index (χ0) is 15.1. The van der Waals surface area contributed by atoms with Gasteiger partial charge in [-0.15, -0.1) is 0 Å². The monoisotopic (exact) mass is 291 g/mol. The lowest BCUT2D eigenvalue weighted by atomic mass is 10.0. The number of hydrogen-bond donors (Lipinski definition) is 1. The number of aromatic nitrogens is 1. The second-order valence-corrected chi connectivity index (χ2v) is 5.32. The third kappa shape index (κ3) is 4.43. The Labute approximate surface area is 126 Å². The van der Waals surface area contributed by atoms with Crippen molar-refractivity contribution in [3.63, 3.8) is 0 Å². The van der Waals surface area contributed by atoms with E-state index in [0.717, 1.165) is 50.3 Å². The maximum atomic E-state index is 12.0. The van der Waals surface area contributed by atoms with Gasteiger partial charge in [0.2, 0.25) is 0 Å². The Kier molecular flexibility index (Phi) is 5.99. The first-order valence-corrected chi connectivity index (χ1v) is 7.84. The molecular formula is C16H25N3O2. The van der Waals surface area contributed by atoms with Crippen LogP contribution in [0.1, 0.15) is 38.7 Å². The van der Waals surface area contributed by atoms with Gasteiger partial charge in [-0.25, -0.2) is 4.98 Å².